The largest absolute Gasteiger partial charge is 0.380 e. The van der Waals surface area contributed by atoms with Crippen molar-refractivity contribution in [2.75, 3.05) is 7.11 Å². The van der Waals surface area contributed by atoms with E-state index < -0.39 is 0 Å². The molecule has 1 aromatic heterocycles. The number of nitrogens with zero attached hydrogens (tertiary/aromatic N) is 3. The van der Waals surface area contributed by atoms with Gasteiger partial charge in [0.2, 0.25) is 0 Å². The maximum atomic E-state index is 5.99. The van der Waals surface area contributed by atoms with Crippen molar-refractivity contribution >= 4 is 0 Å². The molecule has 2 unspecified atom stereocenters. The van der Waals surface area contributed by atoms with Crippen molar-refractivity contribution in [1.82, 2.24) is 14.8 Å². The van der Waals surface area contributed by atoms with Crippen LogP contribution in [0.3, 0.4) is 0 Å². The first kappa shape index (κ1) is 11.1. The van der Waals surface area contributed by atoms with Crippen LogP contribution in [0.5, 0.6) is 0 Å². The maximum absolute atomic E-state index is 5.99. The third kappa shape index (κ3) is 2.52. The van der Waals surface area contributed by atoms with E-state index in [1.165, 1.54) is 6.33 Å². The Morgan fingerprint density at radius 2 is 2.36 bits per heavy atom. The van der Waals surface area contributed by atoms with E-state index in [0.717, 1.165) is 12.2 Å². The second kappa shape index (κ2) is 5.07. The molecule has 0 bridgehead atoms. The Balaban J connectivity index is 2.56. The Hall–Kier alpha value is -0.940. The van der Waals surface area contributed by atoms with E-state index in [1.54, 1.807) is 11.8 Å². The highest BCUT2D eigenvalue weighted by Crippen LogP contribution is 2.06. The van der Waals surface area contributed by atoms with E-state index in [0.29, 0.717) is 6.42 Å². The lowest BCUT2D eigenvalue weighted by Crippen LogP contribution is -2.38. The van der Waals surface area contributed by atoms with Gasteiger partial charge in [0.1, 0.15) is 12.2 Å². The van der Waals surface area contributed by atoms with Gasteiger partial charge in [0.05, 0.1) is 6.10 Å². The van der Waals surface area contributed by atoms with Crippen molar-refractivity contribution in [3.63, 3.8) is 0 Å². The van der Waals surface area contributed by atoms with E-state index in [1.807, 2.05) is 7.05 Å². The minimum atomic E-state index is -0.0205. The van der Waals surface area contributed by atoms with Crippen LogP contribution in [0.15, 0.2) is 6.33 Å². The van der Waals surface area contributed by atoms with Gasteiger partial charge in [-0.3, -0.25) is 4.68 Å². The van der Waals surface area contributed by atoms with E-state index in [2.05, 4.69) is 17.0 Å². The van der Waals surface area contributed by atoms with Crippen LogP contribution in [0.1, 0.15) is 19.2 Å². The molecule has 1 heterocycles. The number of ether oxygens (including phenoxy) is 1. The molecular formula is C9H18N4O. The molecule has 0 spiro atoms. The molecule has 5 heteroatoms. The number of methoxy groups -OCH3 is 1. The van der Waals surface area contributed by atoms with Gasteiger partial charge in [0.15, 0.2) is 0 Å². The highest BCUT2D eigenvalue weighted by atomic mass is 16.5. The van der Waals surface area contributed by atoms with Crippen LogP contribution in [-0.2, 0) is 18.2 Å². The van der Waals surface area contributed by atoms with Gasteiger partial charge in [0.25, 0.3) is 0 Å². The summed E-state index contributed by atoms with van der Waals surface area (Å²) in [5, 5.41) is 3.99. The molecule has 0 fully saturated rings. The average Bonchev–Trinajstić information content (AvgIpc) is 2.54. The Kier molecular flexibility index (Phi) is 4.03. The van der Waals surface area contributed by atoms with Crippen molar-refractivity contribution in [2.45, 2.75) is 31.9 Å². The molecule has 2 atom stereocenters. The molecule has 1 rings (SSSR count). The van der Waals surface area contributed by atoms with Gasteiger partial charge in [-0.1, -0.05) is 6.92 Å². The summed E-state index contributed by atoms with van der Waals surface area (Å²) in [6, 6.07) is -0.0205. The molecule has 80 valence electrons. The molecule has 5 nitrogen and oxygen atoms in total. The molecule has 14 heavy (non-hydrogen) atoms. The Labute approximate surface area is 84.3 Å². The van der Waals surface area contributed by atoms with Gasteiger partial charge in [-0.25, -0.2) is 4.98 Å². The van der Waals surface area contributed by atoms with Crippen LogP contribution in [0.25, 0.3) is 0 Å². The monoisotopic (exact) mass is 198 g/mol. The number of rotatable bonds is 5. The van der Waals surface area contributed by atoms with E-state index in [4.69, 9.17) is 10.5 Å². The van der Waals surface area contributed by atoms with Crippen molar-refractivity contribution in [3.05, 3.63) is 12.2 Å². The fourth-order valence-corrected chi connectivity index (χ4v) is 1.49. The predicted octanol–water partition coefficient (Wildman–Crippen LogP) is 0.110. The molecule has 0 aliphatic rings. The average molecular weight is 198 g/mol. The molecule has 2 N–H and O–H groups in total. The Bertz CT molecular complexity index is 270. The van der Waals surface area contributed by atoms with E-state index in [9.17, 15) is 0 Å². The summed E-state index contributed by atoms with van der Waals surface area (Å²) in [7, 11) is 3.55. The summed E-state index contributed by atoms with van der Waals surface area (Å²) in [5.74, 6) is 0.896. The first-order chi connectivity index (χ1) is 6.69. The molecule has 0 aliphatic heterocycles. The summed E-state index contributed by atoms with van der Waals surface area (Å²) in [6.45, 7) is 2.06. The quantitative estimate of drug-likeness (QED) is 0.729. The number of aryl methyl sites for hydroxylation is 1. The number of aromatic nitrogens is 3. The smallest absolute Gasteiger partial charge is 0.138 e. The van der Waals surface area contributed by atoms with Crippen LogP contribution >= 0.6 is 0 Å². The normalized spacial score (nSPS) is 15.4. The number of hydrogen-bond acceptors (Lipinski definition) is 4. The van der Waals surface area contributed by atoms with Gasteiger partial charge in [-0.05, 0) is 6.42 Å². The van der Waals surface area contributed by atoms with Gasteiger partial charge in [-0.15, -0.1) is 0 Å². The summed E-state index contributed by atoms with van der Waals surface area (Å²) >= 11 is 0. The topological polar surface area (TPSA) is 66.0 Å². The molecule has 1 aromatic rings. The first-order valence-corrected chi connectivity index (χ1v) is 4.80. The third-order valence-corrected chi connectivity index (χ3v) is 2.41. The van der Waals surface area contributed by atoms with Crippen LogP contribution in [0, 0.1) is 0 Å². The zero-order valence-corrected chi connectivity index (χ0v) is 8.97. The number of nitrogens with two attached hydrogens (primary N) is 1. The van der Waals surface area contributed by atoms with Crippen molar-refractivity contribution in [2.24, 2.45) is 12.8 Å². The second-order valence-electron chi connectivity index (χ2n) is 3.35. The van der Waals surface area contributed by atoms with Gasteiger partial charge >= 0.3 is 0 Å². The molecular weight excluding hydrogens is 180 g/mol. The van der Waals surface area contributed by atoms with Gasteiger partial charge in [0, 0.05) is 26.6 Å². The Morgan fingerprint density at radius 3 is 2.79 bits per heavy atom. The second-order valence-corrected chi connectivity index (χ2v) is 3.35. The van der Waals surface area contributed by atoms with Crippen LogP contribution in [-0.4, -0.2) is 34.0 Å². The highest BCUT2D eigenvalue weighted by Gasteiger charge is 2.17. The fraction of sp³-hybridized carbons (Fsp3) is 0.778. The molecule has 0 aromatic carbocycles. The molecule has 0 radical (unpaired) electrons. The standard InChI is InChI=1S/C9H18N4O/c1-4-8(14-3)7(10)5-9-11-6-12-13(9)2/h6-8H,4-5,10H2,1-3H3. The SMILES string of the molecule is CCC(OC)C(N)Cc1ncnn1C. The van der Waals surface area contributed by atoms with Gasteiger partial charge < -0.3 is 10.5 Å². The van der Waals surface area contributed by atoms with Crippen LogP contribution in [0.4, 0.5) is 0 Å². The third-order valence-electron chi connectivity index (χ3n) is 2.41. The minimum absolute atomic E-state index is 0.0205. The van der Waals surface area contributed by atoms with Crippen molar-refractivity contribution in [3.8, 4) is 0 Å². The fourth-order valence-electron chi connectivity index (χ4n) is 1.49. The maximum Gasteiger partial charge on any atom is 0.138 e. The van der Waals surface area contributed by atoms with Crippen LogP contribution in [0.2, 0.25) is 0 Å². The zero-order valence-electron chi connectivity index (χ0n) is 8.97. The molecule has 0 aliphatic carbocycles. The van der Waals surface area contributed by atoms with E-state index in [-0.39, 0.29) is 12.1 Å². The molecule has 0 amide bonds. The van der Waals surface area contributed by atoms with Gasteiger partial charge in [-0.2, -0.15) is 5.10 Å². The Morgan fingerprint density at radius 1 is 1.64 bits per heavy atom. The lowest BCUT2D eigenvalue weighted by Gasteiger charge is -2.20. The predicted molar refractivity (Wildman–Crippen MR) is 53.8 cm³/mol. The van der Waals surface area contributed by atoms with E-state index >= 15 is 0 Å². The lowest BCUT2D eigenvalue weighted by atomic mass is 10.1. The molecule has 0 saturated heterocycles. The molecule has 0 saturated carbocycles. The zero-order chi connectivity index (χ0) is 10.6. The van der Waals surface area contributed by atoms with Crippen molar-refractivity contribution in [1.29, 1.82) is 0 Å². The summed E-state index contributed by atoms with van der Waals surface area (Å²) in [4.78, 5) is 4.12. The summed E-state index contributed by atoms with van der Waals surface area (Å²) in [5.41, 5.74) is 5.99. The highest BCUT2D eigenvalue weighted by molar-refractivity contribution is 4.90. The minimum Gasteiger partial charge on any atom is -0.380 e. The van der Waals surface area contributed by atoms with Crippen LogP contribution < -0.4 is 5.73 Å². The summed E-state index contributed by atoms with van der Waals surface area (Å²) < 4.78 is 7.01. The lowest BCUT2D eigenvalue weighted by molar-refractivity contribution is 0.0765. The number of hydrogen-bond donors (Lipinski definition) is 1. The van der Waals surface area contributed by atoms with Crippen molar-refractivity contribution < 1.29 is 4.74 Å². The first-order valence-electron chi connectivity index (χ1n) is 4.80. The summed E-state index contributed by atoms with van der Waals surface area (Å²) in [6.07, 6.45) is 3.24.